The fourth-order valence-corrected chi connectivity index (χ4v) is 3.46. The van der Waals surface area contributed by atoms with E-state index >= 15 is 0 Å². The summed E-state index contributed by atoms with van der Waals surface area (Å²) in [4.78, 5) is 16.9. The van der Waals surface area contributed by atoms with Gasteiger partial charge in [-0.15, -0.1) is 10.2 Å². The highest BCUT2D eigenvalue weighted by molar-refractivity contribution is 7.15. The molecule has 0 unspecified atom stereocenters. The second kappa shape index (κ2) is 8.93. The van der Waals surface area contributed by atoms with E-state index in [9.17, 15) is 4.79 Å². The molecule has 0 saturated heterocycles. The average Bonchev–Trinajstić information content (AvgIpc) is 3.43. The van der Waals surface area contributed by atoms with Crippen LogP contribution in [0.5, 0.6) is 11.5 Å². The third-order valence-electron chi connectivity index (χ3n) is 4.08. The Hall–Kier alpha value is -3.43. The SMILES string of the molecule is COc1ccccc1-n1cncc1C(=O)Nc1nnc(COc2ccc(Cl)cc2)s1. The van der Waals surface area contributed by atoms with Crippen LogP contribution in [-0.4, -0.2) is 32.8 Å². The second-order valence-corrected chi connectivity index (χ2v) is 7.52. The molecule has 152 valence electrons. The Bertz CT molecular complexity index is 1160. The van der Waals surface area contributed by atoms with Crippen molar-refractivity contribution in [2.45, 2.75) is 6.61 Å². The lowest BCUT2D eigenvalue weighted by Gasteiger charge is -2.11. The molecule has 30 heavy (non-hydrogen) atoms. The fraction of sp³-hybridized carbons (Fsp3) is 0.100. The maximum atomic E-state index is 12.8. The molecule has 1 amide bonds. The van der Waals surface area contributed by atoms with Crippen molar-refractivity contribution in [3.05, 3.63) is 76.8 Å². The van der Waals surface area contributed by atoms with Crippen LogP contribution in [0.4, 0.5) is 5.13 Å². The van der Waals surface area contributed by atoms with Crippen LogP contribution in [0, 0.1) is 0 Å². The van der Waals surface area contributed by atoms with Crippen LogP contribution in [0.15, 0.2) is 61.1 Å². The number of amides is 1. The van der Waals surface area contributed by atoms with E-state index in [-0.39, 0.29) is 12.5 Å². The molecule has 2 aromatic carbocycles. The standard InChI is InChI=1S/C20H16ClN5O3S/c1-28-17-5-3-2-4-15(17)26-12-22-10-16(26)19(27)23-20-25-24-18(30-20)11-29-14-8-6-13(21)7-9-14/h2-10,12H,11H2,1H3,(H,23,25,27). The minimum atomic E-state index is -0.361. The number of methoxy groups -OCH3 is 1. The van der Waals surface area contributed by atoms with Gasteiger partial charge in [-0.05, 0) is 36.4 Å². The Morgan fingerprint density at radius 1 is 1.17 bits per heavy atom. The van der Waals surface area contributed by atoms with Crippen molar-refractivity contribution in [3.8, 4) is 17.2 Å². The highest BCUT2D eigenvalue weighted by atomic mass is 35.5. The topological polar surface area (TPSA) is 91.2 Å². The maximum Gasteiger partial charge on any atom is 0.276 e. The van der Waals surface area contributed by atoms with Crippen molar-refractivity contribution in [3.63, 3.8) is 0 Å². The van der Waals surface area contributed by atoms with Crippen LogP contribution >= 0.6 is 22.9 Å². The van der Waals surface area contributed by atoms with Crippen molar-refractivity contribution in [2.75, 3.05) is 12.4 Å². The van der Waals surface area contributed by atoms with Crippen molar-refractivity contribution in [1.29, 1.82) is 0 Å². The number of nitrogens with zero attached hydrogens (tertiary/aromatic N) is 4. The van der Waals surface area contributed by atoms with Crippen LogP contribution in [0.25, 0.3) is 5.69 Å². The van der Waals surface area contributed by atoms with Gasteiger partial charge in [-0.3, -0.25) is 14.7 Å². The lowest BCUT2D eigenvalue weighted by molar-refractivity contribution is 0.102. The molecule has 2 heterocycles. The molecule has 0 aliphatic heterocycles. The number of hydrogen-bond acceptors (Lipinski definition) is 7. The normalized spacial score (nSPS) is 10.6. The van der Waals surface area contributed by atoms with E-state index in [4.69, 9.17) is 21.1 Å². The molecule has 0 aliphatic rings. The lowest BCUT2D eigenvalue weighted by Crippen LogP contribution is -2.16. The number of carbonyl (C=O) groups excluding carboxylic acids is 1. The van der Waals surface area contributed by atoms with Crippen LogP contribution < -0.4 is 14.8 Å². The van der Waals surface area contributed by atoms with Gasteiger partial charge in [0.1, 0.15) is 23.8 Å². The number of benzene rings is 2. The number of para-hydroxylation sites is 2. The van der Waals surface area contributed by atoms with E-state index in [0.29, 0.717) is 38.0 Å². The average molecular weight is 442 g/mol. The molecular formula is C20H16ClN5O3S. The zero-order chi connectivity index (χ0) is 20.9. The molecule has 0 atom stereocenters. The smallest absolute Gasteiger partial charge is 0.276 e. The quantitative estimate of drug-likeness (QED) is 0.461. The summed E-state index contributed by atoms with van der Waals surface area (Å²) in [7, 11) is 1.57. The summed E-state index contributed by atoms with van der Waals surface area (Å²) < 4.78 is 12.7. The predicted molar refractivity (Wildman–Crippen MR) is 114 cm³/mol. The molecule has 4 rings (SSSR count). The van der Waals surface area contributed by atoms with Gasteiger partial charge in [0.2, 0.25) is 5.13 Å². The minimum Gasteiger partial charge on any atom is -0.495 e. The Morgan fingerprint density at radius 2 is 1.97 bits per heavy atom. The molecule has 0 fully saturated rings. The predicted octanol–water partition coefficient (Wildman–Crippen LogP) is 4.22. The molecule has 10 heteroatoms. The molecule has 1 N–H and O–H groups in total. The van der Waals surface area contributed by atoms with E-state index in [0.717, 1.165) is 0 Å². The third-order valence-corrected chi connectivity index (χ3v) is 5.14. The van der Waals surface area contributed by atoms with Gasteiger partial charge in [-0.1, -0.05) is 35.1 Å². The first kappa shape index (κ1) is 19.9. The summed E-state index contributed by atoms with van der Waals surface area (Å²) in [6.07, 6.45) is 3.03. The van der Waals surface area contributed by atoms with Crippen LogP contribution in [0.3, 0.4) is 0 Å². The molecule has 0 aliphatic carbocycles. The summed E-state index contributed by atoms with van der Waals surface area (Å²) in [5.74, 6) is 0.933. The van der Waals surface area contributed by atoms with Gasteiger partial charge in [0.05, 0.1) is 25.3 Å². The van der Waals surface area contributed by atoms with Gasteiger partial charge >= 0.3 is 0 Å². The molecule has 2 aromatic heterocycles. The fourth-order valence-electron chi connectivity index (χ4n) is 2.68. The molecule has 0 radical (unpaired) electrons. The van der Waals surface area contributed by atoms with Crippen LogP contribution in [0.1, 0.15) is 15.5 Å². The zero-order valence-corrected chi connectivity index (χ0v) is 17.4. The number of ether oxygens (including phenoxy) is 2. The molecule has 4 aromatic rings. The van der Waals surface area contributed by atoms with Crippen LogP contribution in [0.2, 0.25) is 5.02 Å². The first-order valence-corrected chi connectivity index (χ1v) is 10.0. The number of imidazole rings is 1. The Kier molecular flexibility index (Phi) is 5.92. The van der Waals surface area contributed by atoms with Gasteiger partial charge in [0.25, 0.3) is 5.91 Å². The molecular weight excluding hydrogens is 426 g/mol. The first-order valence-electron chi connectivity index (χ1n) is 8.82. The van der Waals surface area contributed by atoms with Gasteiger partial charge in [-0.25, -0.2) is 4.98 Å². The highest BCUT2D eigenvalue weighted by Gasteiger charge is 2.17. The number of hydrogen-bond donors (Lipinski definition) is 1. The summed E-state index contributed by atoms with van der Waals surface area (Å²) >= 11 is 7.09. The van der Waals surface area contributed by atoms with Crippen molar-refractivity contribution >= 4 is 34.0 Å². The van der Waals surface area contributed by atoms with Gasteiger partial charge in [0.15, 0.2) is 5.01 Å². The second-order valence-electron chi connectivity index (χ2n) is 6.02. The zero-order valence-electron chi connectivity index (χ0n) is 15.8. The number of anilines is 1. The summed E-state index contributed by atoms with van der Waals surface area (Å²) in [6.45, 7) is 0.230. The van der Waals surface area contributed by atoms with E-state index in [1.54, 1.807) is 42.3 Å². The lowest BCUT2D eigenvalue weighted by atomic mass is 10.2. The monoisotopic (exact) mass is 441 g/mol. The Morgan fingerprint density at radius 3 is 2.77 bits per heavy atom. The maximum absolute atomic E-state index is 12.8. The Labute approximate surface area is 181 Å². The van der Waals surface area contributed by atoms with Crippen molar-refractivity contribution in [2.24, 2.45) is 0 Å². The molecule has 0 saturated carbocycles. The number of carbonyl (C=O) groups is 1. The van der Waals surface area contributed by atoms with Gasteiger partial charge in [0, 0.05) is 5.02 Å². The van der Waals surface area contributed by atoms with E-state index in [2.05, 4.69) is 20.5 Å². The summed E-state index contributed by atoms with van der Waals surface area (Å²) in [5, 5.41) is 12.4. The van der Waals surface area contributed by atoms with Gasteiger partial charge < -0.3 is 9.47 Å². The number of halogens is 1. The van der Waals surface area contributed by atoms with E-state index in [1.807, 2.05) is 24.3 Å². The number of nitrogens with one attached hydrogen (secondary N) is 1. The minimum absolute atomic E-state index is 0.230. The van der Waals surface area contributed by atoms with Crippen molar-refractivity contribution in [1.82, 2.24) is 19.7 Å². The van der Waals surface area contributed by atoms with Gasteiger partial charge in [-0.2, -0.15) is 0 Å². The summed E-state index contributed by atoms with van der Waals surface area (Å²) in [5.41, 5.74) is 1.05. The van der Waals surface area contributed by atoms with E-state index in [1.165, 1.54) is 17.5 Å². The molecule has 0 bridgehead atoms. The number of rotatable bonds is 7. The number of aromatic nitrogens is 4. The molecule has 0 spiro atoms. The van der Waals surface area contributed by atoms with E-state index < -0.39 is 0 Å². The largest absolute Gasteiger partial charge is 0.495 e. The Balaban J connectivity index is 1.44. The van der Waals surface area contributed by atoms with Crippen LogP contribution in [-0.2, 0) is 6.61 Å². The van der Waals surface area contributed by atoms with Crippen molar-refractivity contribution < 1.29 is 14.3 Å². The third kappa shape index (κ3) is 4.42. The first-order chi connectivity index (χ1) is 14.6. The molecule has 8 nitrogen and oxygen atoms in total. The summed E-state index contributed by atoms with van der Waals surface area (Å²) in [6, 6.07) is 14.4. The highest BCUT2D eigenvalue weighted by Crippen LogP contribution is 2.24.